The summed E-state index contributed by atoms with van der Waals surface area (Å²) in [6.45, 7) is 2.69. The molecule has 124 valence electrons. The fourth-order valence-corrected chi connectivity index (χ4v) is 2.58. The van der Waals surface area contributed by atoms with Crippen LogP contribution in [0.25, 0.3) is 0 Å². The molecule has 0 N–H and O–H groups in total. The predicted octanol–water partition coefficient (Wildman–Crippen LogP) is 3.17. The number of ether oxygens (including phenoxy) is 1. The summed E-state index contributed by atoms with van der Waals surface area (Å²) in [7, 11) is 1.56. The summed E-state index contributed by atoms with van der Waals surface area (Å²) < 4.78 is 5.15. The van der Waals surface area contributed by atoms with Crippen molar-refractivity contribution in [2.24, 2.45) is 5.10 Å². The number of Topliss-reactive ketones (excluding diaryl/α,β-unsaturated/α-hetero) is 1. The Bertz CT molecular complexity index is 596. The molecule has 23 heavy (non-hydrogen) atoms. The van der Waals surface area contributed by atoms with Crippen LogP contribution in [0.4, 0.5) is 0 Å². The minimum atomic E-state index is -0.538. The molecule has 5 nitrogen and oxygen atoms in total. The standard InChI is InChI=1S/C18H24N2O3/c1-3-4-5-6-7-8-12-20-18(22)17(21)16(19-20)14-10-9-11-15(13-14)23-2/h9-11,13H,3-8,12H2,1-2H3. The van der Waals surface area contributed by atoms with Gasteiger partial charge in [-0.2, -0.15) is 5.10 Å². The lowest BCUT2D eigenvalue weighted by molar-refractivity contribution is -0.139. The van der Waals surface area contributed by atoms with E-state index in [0.717, 1.165) is 19.3 Å². The first kappa shape index (κ1) is 17.2. The summed E-state index contributed by atoms with van der Waals surface area (Å²) in [6.07, 6.45) is 6.78. The Balaban J connectivity index is 1.95. The number of unbranched alkanes of at least 4 members (excludes halogenated alkanes) is 5. The lowest BCUT2D eigenvalue weighted by Gasteiger charge is -2.09. The highest BCUT2D eigenvalue weighted by Gasteiger charge is 2.34. The maximum atomic E-state index is 12.1. The highest BCUT2D eigenvalue weighted by Crippen LogP contribution is 2.18. The largest absolute Gasteiger partial charge is 0.497 e. The van der Waals surface area contributed by atoms with Gasteiger partial charge in [0.25, 0.3) is 5.78 Å². The van der Waals surface area contributed by atoms with Gasteiger partial charge in [-0.05, 0) is 18.6 Å². The number of hydrazone groups is 1. The predicted molar refractivity (Wildman–Crippen MR) is 89.6 cm³/mol. The van der Waals surface area contributed by atoms with E-state index in [1.165, 1.54) is 24.3 Å². The average Bonchev–Trinajstić information content (AvgIpc) is 2.86. The zero-order chi connectivity index (χ0) is 16.7. The van der Waals surface area contributed by atoms with E-state index in [4.69, 9.17) is 4.74 Å². The van der Waals surface area contributed by atoms with Gasteiger partial charge in [0.1, 0.15) is 11.5 Å². The van der Waals surface area contributed by atoms with Crippen molar-refractivity contribution in [1.82, 2.24) is 5.01 Å². The summed E-state index contributed by atoms with van der Waals surface area (Å²) in [5, 5.41) is 5.53. The summed E-state index contributed by atoms with van der Waals surface area (Å²) in [5.74, 6) is -0.430. The van der Waals surface area contributed by atoms with Crippen molar-refractivity contribution in [3.8, 4) is 5.75 Å². The molecule has 1 heterocycles. The van der Waals surface area contributed by atoms with Crippen molar-refractivity contribution < 1.29 is 14.3 Å². The van der Waals surface area contributed by atoms with Gasteiger partial charge >= 0.3 is 5.91 Å². The minimum absolute atomic E-state index is 0.208. The fourth-order valence-electron chi connectivity index (χ4n) is 2.58. The first-order valence-corrected chi connectivity index (χ1v) is 8.26. The smallest absolute Gasteiger partial charge is 0.316 e. The number of nitrogens with zero attached hydrogens (tertiary/aromatic N) is 2. The van der Waals surface area contributed by atoms with Gasteiger partial charge in [-0.1, -0.05) is 51.2 Å². The SMILES string of the molecule is CCCCCCCCN1N=C(c2cccc(OC)c2)C(=O)C1=O. The van der Waals surface area contributed by atoms with Crippen molar-refractivity contribution >= 4 is 17.4 Å². The van der Waals surface area contributed by atoms with E-state index in [-0.39, 0.29) is 5.71 Å². The van der Waals surface area contributed by atoms with Crippen LogP contribution in [-0.2, 0) is 9.59 Å². The fraction of sp³-hybridized carbons (Fsp3) is 0.500. The molecule has 0 aliphatic carbocycles. The van der Waals surface area contributed by atoms with Crippen LogP contribution in [0.5, 0.6) is 5.75 Å². The molecule has 0 fully saturated rings. The molecule has 1 aliphatic heterocycles. The van der Waals surface area contributed by atoms with Gasteiger partial charge in [-0.25, -0.2) is 5.01 Å². The van der Waals surface area contributed by atoms with Crippen molar-refractivity contribution in [1.29, 1.82) is 0 Å². The van der Waals surface area contributed by atoms with Crippen LogP contribution >= 0.6 is 0 Å². The molecule has 1 amide bonds. The Labute approximate surface area is 137 Å². The molecule has 0 unspecified atom stereocenters. The molecule has 0 saturated carbocycles. The molecule has 0 aromatic heterocycles. The van der Waals surface area contributed by atoms with Gasteiger partial charge < -0.3 is 4.74 Å². The molecular weight excluding hydrogens is 292 g/mol. The number of amides is 1. The Morgan fingerprint density at radius 3 is 2.57 bits per heavy atom. The highest BCUT2D eigenvalue weighted by molar-refractivity contribution is 6.69. The number of ketones is 1. The molecule has 1 aliphatic rings. The highest BCUT2D eigenvalue weighted by atomic mass is 16.5. The molecule has 1 aromatic rings. The lowest BCUT2D eigenvalue weighted by Crippen LogP contribution is -2.28. The zero-order valence-corrected chi connectivity index (χ0v) is 13.9. The van der Waals surface area contributed by atoms with E-state index < -0.39 is 11.7 Å². The summed E-state index contributed by atoms with van der Waals surface area (Å²) in [5.41, 5.74) is 0.827. The first-order valence-electron chi connectivity index (χ1n) is 8.26. The summed E-state index contributed by atoms with van der Waals surface area (Å²) >= 11 is 0. The maximum Gasteiger partial charge on any atom is 0.316 e. The van der Waals surface area contributed by atoms with Crippen molar-refractivity contribution in [3.05, 3.63) is 29.8 Å². The minimum Gasteiger partial charge on any atom is -0.497 e. The molecule has 2 rings (SSSR count). The van der Waals surface area contributed by atoms with Crippen LogP contribution in [0.2, 0.25) is 0 Å². The van der Waals surface area contributed by atoms with Crippen LogP contribution < -0.4 is 4.74 Å². The lowest BCUT2D eigenvalue weighted by atomic mass is 10.1. The molecule has 0 saturated heterocycles. The van der Waals surface area contributed by atoms with Crippen molar-refractivity contribution in [3.63, 3.8) is 0 Å². The monoisotopic (exact) mass is 316 g/mol. The number of rotatable bonds is 9. The zero-order valence-electron chi connectivity index (χ0n) is 13.9. The Kier molecular flexibility index (Phi) is 6.32. The van der Waals surface area contributed by atoms with Gasteiger partial charge in [-0.15, -0.1) is 0 Å². The number of hydrogen-bond acceptors (Lipinski definition) is 4. The number of carbonyl (C=O) groups excluding carboxylic acids is 2. The van der Waals surface area contributed by atoms with Gasteiger partial charge in [0.2, 0.25) is 0 Å². The topological polar surface area (TPSA) is 59.0 Å². The van der Waals surface area contributed by atoms with E-state index in [1.54, 1.807) is 31.4 Å². The van der Waals surface area contributed by atoms with E-state index in [1.807, 2.05) is 0 Å². The van der Waals surface area contributed by atoms with Crippen LogP contribution in [0, 0.1) is 0 Å². The summed E-state index contributed by atoms with van der Waals surface area (Å²) in [6, 6.07) is 7.06. The molecule has 1 aromatic carbocycles. The van der Waals surface area contributed by atoms with Gasteiger partial charge in [0.05, 0.1) is 7.11 Å². The molecule has 0 radical (unpaired) electrons. The third kappa shape index (κ3) is 4.41. The second-order valence-electron chi connectivity index (χ2n) is 5.71. The molecule has 0 spiro atoms. The van der Waals surface area contributed by atoms with Gasteiger partial charge in [-0.3, -0.25) is 9.59 Å². The average molecular weight is 316 g/mol. The van der Waals surface area contributed by atoms with E-state index in [9.17, 15) is 9.59 Å². The van der Waals surface area contributed by atoms with E-state index >= 15 is 0 Å². The van der Waals surface area contributed by atoms with Crippen molar-refractivity contribution in [2.45, 2.75) is 45.4 Å². The quantitative estimate of drug-likeness (QED) is 0.519. The maximum absolute atomic E-state index is 12.1. The number of benzene rings is 1. The molecule has 5 heteroatoms. The Morgan fingerprint density at radius 2 is 1.83 bits per heavy atom. The molecule has 0 bridgehead atoms. The Hall–Kier alpha value is -2.17. The van der Waals surface area contributed by atoms with Crippen LogP contribution in [-0.4, -0.2) is 36.1 Å². The van der Waals surface area contributed by atoms with Gasteiger partial charge in [0.15, 0.2) is 0 Å². The third-order valence-corrected chi connectivity index (χ3v) is 3.93. The van der Waals surface area contributed by atoms with Crippen LogP contribution in [0.3, 0.4) is 0 Å². The van der Waals surface area contributed by atoms with E-state index in [0.29, 0.717) is 17.9 Å². The van der Waals surface area contributed by atoms with Crippen LogP contribution in [0.1, 0.15) is 51.0 Å². The summed E-state index contributed by atoms with van der Waals surface area (Å²) in [4.78, 5) is 24.2. The normalized spacial score (nSPS) is 14.3. The molecular formula is C18H24N2O3. The second-order valence-corrected chi connectivity index (χ2v) is 5.71. The number of carbonyl (C=O) groups is 2. The van der Waals surface area contributed by atoms with Crippen molar-refractivity contribution in [2.75, 3.05) is 13.7 Å². The Morgan fingerprint density at radius 1 is 1.09 bits per heavy atom. The third-order valence-electron chi connectivity index (χ3n) is 3.93. The van der Waals surface area contributed by atoms with Gasteiger partial charge in [0, 0.05) is 12.1 Å². The van der Waals surface area contributed by atoms with Crippen LogP contribution in [0.15, 0.2) is 29.4 Å². The molecule has 0 atom stereocenters. The first-order chi connectivity index (χ1) is 11.2. The number of methoxy groups -OCH3 is 1. The second kappa shape index (κ2) is 8.46. The van der Waals surface area contributed by atoms with E-state index in [2.05, 4.69) is 12.0 Å². The number of hydrogen-bond donors (Lipinski definition) is 0.